The highest BCUT2D eigenvalue weighted by atomic mass is 19.1. The summed E-state index contributed by atoms with van der Waals surface area (Å²) < 4.78 is 13.5. The van der Waals surface area contributed by atoms with Crippen molar-refractivity contribution in [2.75, 3.05) is 0 Å². The Labute approximate surface area is 90.7 Å². The lowest BCUT2D eigenvalue weighted by molar-refractivity contribution is 0.430. The van der Waals surface area contributed by atoms with E-state index in [1.165, 1.54) is 18.9 Å². The molecule has 1 saturated carbocycles. The standard InChI is InChI=1S/C13H18FN/c1-9(11-7-8-11)15-10(2)12-5-3-4-6-13(12)14/h3-6,9-11,15H,7-8H2,1-2H3. The van der Waals surface area contributed by atoms with E-state index in [2.05, 4.69) is 12.2 Å². The zero-order valence-electron chi connectivity index (χ0n) is 9.33. The van der Waals surface area contributed by atoms with E-state index >= 15 is 0 Å². The number of hydrogen-bond donors (Lipinski definition) is 1. The van der Waals surface area contributed by atoms with Crippen LogP contribution in [0.4, 0.5) is 4.39 Å². The number of hydrogen-bond acceptors (Lipinski definition) is 1. The largest absolute Gasteiger partial charge is 0.307 e. The molecule has 2 rings (SSSR count). The SMILES string of the molecule is CC(NC(C)C1CC1)c1ccccc1F. The molecule has 0 saturated heterocycles. The minimum atomic E-state index is -0.111. The molecule has 1 N–H and O–H groups in total. The fraction of sp³-hybridized carbons (Fsp3) is 0.538. The van der Waals surface area contributed by atoms with Gasteiger partial charge in [0.15, 0.2) is 0 Å². The summed E-state index contributed by atoms with van der Waals surface area (Å²) in [6, 6.07) is 7.59. The van der Waals surface area contributed by atoms with E-state index in [9.17, 15) is 4.39 Å². The monoisotopic (exact) mass is 207 g/mol. The van der Waals surface area contributed by atoms with Crippen molar-refractivity contribution in [1.82, 2.24) is 5.32 Å². The van der Waals surface area contributed by atoms with Crippen LogP contribution in [-0.4, -0.2) is 6.04 Å². The Morgan fingerprint density at radius 2 is 1.93 bits per heavy atom. The van der Waals surface area contributed by atoms with Gasteiger partial charge in [-0.2, -0.15) is 0 Å². The highest BCUT2D eigenvalue weighted by Gasteiger charge is 2.28. The molecule has 1 nitrogen and oxygen atoms in total. The number of nitrogens with one attached hydrogen (secondary N) is 1. The maximum Gasteiger partial charge on any atom is 0.127 e. The van der Waals surface area contributed by atoms with Gasteiger partial charge in [-0.15, -0.1) is 0 Å². The van der Waals surface area contributed by atoms with Crippen molar-refractivity contribution in [3.05, 3.63) is 35.6 Å². The van der Waals surface area contributed by atoms with E-state index in [0.29, 0.717) is 6.04 Å². The molecule has 0 bridgehead atoms. The topological polar surface area (TPSA) is 12.0 Å². The van der Waals surface area contributed by atoms with E-state index in [1.54, 1.807) is 6.07 Å². The molecule has 0 radical (unpaired) electrons. The Kier molecular flexibility index (Phi) is 3.06. The highest BCUT2D eigenvalue weighted by molar-refractivity contribution is 5.20. The lowest BCUT2D eigenvalue weighted by atomic mass is 10.1. The normalized spacial score (nSPS) is 19.9. The summed E-state index contributed by atoms with van der Waals surface area (Å²) in [5, 5.41) is 3.46. The van der Waals surface area contributed by atoms with Crippen LogP contribution in [0.25, 0.3) is 0 Å². The van der Waals surface area contributed by atoms with Gasteiger partial charge in [0.2, 0.25) is 0 Å². The Morgan fingerprint density at radius 3 is 2.53 bits per heavy atom. The van der Waals surface area contributed by atoms with Gasteiger partial charge in [0.05, 0.1) is 0 Å². The lowest BCUT2D eigenvalue weighted by Gasteiger charge is -2.20. The first-order valence-electron chi connectivity index (χ1n) is 5.69. The molecule has 15 heavy (non-hydrogen) atoms. The summed E-state index contributed by atoms with van der Waals surface area (Å²) in [7, 11) is 0. The second kappa shape index (κ2) is 4.31. The first-order valence-corrected chi connectivity index (χ1v) is 5.69. The molecule has 0 spiro atoms. The van der Waals surface area contributed by atoms with Crippen molar-refractivity contribution in [2.24, 2.45) is 5.92 Å². The molecule has 2 heteroatoms. The average Bonchev–Trinajstić information content (AvgIpc) is 3.01. The summed E-state index contributed by atoms with van der Waals surface area (Å²) in [6.45, 7) is 4.21. The number of rotatable bonds is 4. The van der Waals surface area contributed by atoms with Gasteiger partial charge in [0.25, 0.3) is 0 Å². The molecule has 0 heterocycles. The van der Waals surface area contributed by atoms with Crippen LogP contribution in [0.5, 0.6) is 0 Å². The van der Waals surface area contributed by atoms with Crippen molar-refractivity contribution in [1.29, 1.82) is 0 Å². The van der Waals surface area contributed by atoms with Crippen molar-refractivity contribution in [3.63, 3.8) is 0 Å². The predicted molar refractivity (Wildman–Crippen MR) is 60.1 cm³/mol. The summed E-state index contributed by atoms with van der Waals surface area (Å²) in [4.78, 5) is 0. The smallest absolute Gasteiger partial charge is 0.127 e. The lowest BCUT2D eigenvalue weighted by Crippen LogP contribution is -2.30. The van der Waals surface area contributed by atoms with Gasteiger partial charge in [-0.25, -0.2) is 4.39 Å². The van der Waals surface area contributed by atoms with Gasteiger partial charge >= 0.3 is 0 Å². The molecule has 1 aromatic rings. The van der Waals surface area contributed by atoms with Crippen LogP contribution in [0.1, 0.15) is 38.3 Å². The molecule has 1 aliphatic carbocycles. The predicted octanol–water partition coefficient (Wildman–Crippen LogP) is 3.27. The first-order chi connectivity index (χ1) is 7.18. The molecule has 2 unspecified atom stereocenters. The van der Waals surface area contributed by atoms with Gasteiger partial charge in [0, 0.05) is 17.6 Å². The van der Waals surface area contributed by atoms with Crippen molar-refractivity contribution in [3.8, 4) is 0 Å². The van der Waals surface area contributed by atoms with Crippen LogP contribution >= 0.6 is 0 Å². The van der Waals surface area contributed by atoms with Crippen molar-refractivity contribution in [2.45, 2.75) is 38.8 Å². The summed E-state index contributed by atoms with van der Waals surface area (Å²) in [5.74, 6) is 0.694. The Bertz CT molecular complexity index is 333. The van der Waals surface area contributed by atoms with Crippen LogP contribution in [0.15, 0.2) is 24.3 Å². The van der Waals surface area contributed by atoms with Gasteiger partial charge in [-0.05, 0) is 38.7 Å². The maximum absolute atomic E-state index is 13.5. The first kappa shape index (κ1) is 10.6. The number of benzene rings is 1. The van der Waals surface area contributed by atoms with Crippen LogP contribution in [0.3, 0.4) is 0 Å². The van der Waals surface area contributed by atoms with Crippen LogP contribution < -0.4 is 5.32 Å². The highest BCUT2D eigenvalue weighted by Crippen LogP contribution is 2.33. The molecule has 0 amide bonds. The zero-order chi connectivity index (χ0) is 10.8. The number of halogens is 1. The van der Waals surface area contributed by atoms with Gasteiger partial charge in [-0.3, -0.25) is 0 Å². The quantitative estimate of drug-likeness (QED) is 0.799. The molecule has 0 aliphatic heterocycles. The third-order valence-electron chi connectivity index (χ3n) is 3.21. The van der Waals surface area contributed by atoms with E-state index < -0.39 is 0 Å². The Morgan fingerprint density at radius 1 is 1.27 bits per heavy atom. The summed E-state index contributed by atoms with van der Waals surface area (Å²) >= 11 is 0. The molecular formula is C13H18FN. The molecular weight excluding hydrogens is 189 g/mol. The summed E-state index contributed by atoms with van der Waals surface area (Å²) in [6.07, 6.45) is 2.64. The van der Waals surface area contributed by atoms with Crippen LogP contribution in [0, 0.1) is 11.7 Å². The molecule has 1 aromatic carbocycles. The average molecular weight is 207 g/mol. The third-order valence-corrected chi connectivity index (χ3v) is 3.21. The van der Waals surface area contributed by atoms with Gasteiger partial charge in [-0.1, -0.05) is 18.2 Å². The van der Waals surface area contributed by atoms with E-state index in [-0.39, 0.29) is 11.9 Å². The van der Waals surface area contributed by atoms with Crippen LogP contribution in [-0.2, 0) is 0 Å². The second-order valence-electron chi connectivity index (χ2n) is 4.54. The Hall–Kier alpha value is -0.890. The minimum absolute atomic E-state index is 0.0989. The minimum Gasteiger partial charge on any atom is -0.307 e. The third kappa shape index (κ3) is 2.57. The van der Waals surface area contributed by atoms with Crippen molar-refractivity contribution < 1.29 is 4.39 Å². The van der Waals surface area contributed by atoms with Gasteiger partial charge < -0.3 is 5.32 Å². The van der Waals surface area contributed by atoms with E-state index in [4.69, 9.17) is 0 Å². The van der Waals surface area contributed by atoms with Gasteiger partial charge in [0.1, 0.15) is 5.82 Å². The molecule has 1 aliphatic rings. The molecule has 0 aromatic heterocycles. The molecule has 2 atom stereocenters. The van der Waals surface area contributed by atoms with E-state index in [1.807, 2.05) is 19.1 Å². The fourth-order valence-electron chi connectivity index (χ4n) is 2.04. The maximum atomic E-state index is 13.5. The molecule has 1 fully saturated rings. The molecule has 82 valence electrons. The van der Waals surface area contributed by atoms with Crippen LogP contribution in [0.2, 0.25) is 0 Å². The Balaban J connectivity index is 2.00. The fourth-order valence-corrected chi connectivity index (χ4v) is 2.04. The van der Waals surface area contributed by atoms with Crippen molar-refractivity contribution >= 4 is 0 Å². The second-order valence-corrected chi connectivity index (χ2v) is 4.54. The summed E-state index contributed by atoms with van der Waals surface area (Å²) in [5.41, 5.74) is 0.769. The zero-order valence-corrected chi connectivity index (χ0v) is 9.33. The van der Waals surface area contributed by atoms with E-state index in [0.717, 1.165) is 11.5 Å².